The minimum absolute atomic E-state index is 0. The quantitative estimate of drug-likeness (QED) is 0.0160. The first kappa shape index (κ1) is 86.0. The Kier molecular flexibility index (Phi) is 46.0. The molecule has 0 amide bonds. The molecule has 0 spiro atoms. The summed E-state index contributed by atoms with van der Waals surface area (Å²) in [6.45, 7) is 28.2. The van der Waals surface area contributed by atoms with Crippen molar-refractivity contribution < 1.29 is 108 Å². The van der Waals surface area contributed by atoms with E-state index in [1.165, 1.54) is 29.8 Å². The number of methoxy groups -OCH3 is 1. The van der Waals surface area contributed by atoms with Crippen LogP contribution in [0.1, 0.15) is 62.1 Å². The summed E-state index contributed by atoms with van der Waals surface area (Å²) < 4.78 is 80.8. The molecule has 0 aromatic heterocycles. The third-order valence-corrected chi connectivity index (χ3v) is 11.8. The second-order valence-electron chi connectivity index (χ2n) is 17.7. The Hall–Kier alpha value is -7.08. The van der Waals surface area contributed by atoms with Gasteiger partial charge in [0.2, 0.25) is 17.1 Å². The number of phenols is 2. The Bertz CT molecular complexity index is 3790. The molecule has 25 heteroatoms. The van der Waals surface area contributed by atoms with Crippen molar-refractivity contribution in [3.63, 3.8) is 0 Å². The normalized spacial score (nSPS) is 10.5. The van der Waals surface area contributed by atoms with Gasteiger partial charge in [-0.2, -0.15) is 32.8 Å². The zero-order chi connectivity index (χ0) is 66.9. The molecule has 0 atom stereocenters. The Balaban J connectivity index is 0. The van der Waals surface area contributed by atoms with Crippen molar-refractivity contribution >= 4 is 98.1 Å². The Morgan fingerprint density at radius 1 is 0.582 bits per heavy atom. The van der Waals surface area contributed by atoms with Crippen LogP contribution in [0.4, 0.5) is 12.9 Å². The number of aromatic hydroxyl groups is 2. The maximum absolute atomic E-state index is 10.6. The molecular weight excluding hydrogens is 1450 g/mol. The van der Waals surface area contributed by atoms with Crippen LogP contribution in [0.2, 0.25) is 0 Å². The van der Waals surface area contributed by atoms with Gasteiger partial charge < -0.3 is 24.2 Å². The van der Waals surface area contributed by atoms with Crippen LogP contribution in [0.3, 0.4) is 0 Å². The maximum Gasteiger partial charge on any atom is 1.00 e. The molecule has 0 unspecified atom stereocenters. The molecule has 0 heterocycles. The van der Waals surface area contributed by atoms with Crippen LogP contribution in [-0.2, 0) is 16.5 Å². The first-order chi connectivity index (χ1) is 42.4. The topological polar surface area (TPSA) is 247 Å². The van der Waals surface area contributed by atoms with E-state index >= 15 is 0 Å². The number of allylic oxidation sites excluding steroid dienone is 3. The van der Waals surface area contributed by atoms with E-state index in [2.05, 4.69) is 32.7 Å². The molecule has 0 bridgehead atoms. The average molecular weight is 1510 g/mol. The average Bonchev–Trinajstić information content (AvgIpc) is 3.08. The molecule has 91 heavy (non-hydrogen) atoms. The molecule has 15 nitrogen and oxygen atoms in total. The van der Waals surface area contributed by atoms with Gasteiger partial charge in [-0.3, -0.25) is 12.9 Å². The van der Waals surface area contributed by atoms with Gasteiger partial charge in [0, 0.05) is 5.75 Å². The summed E-state index contributed by atoms with van der Waals surface area (Å²) in [5, 5.41) is 55.1. The van der Waals surface area contributed by atoms with E-state index in [4.69, 9.17) is 34.5 Å². The second kappa shape index (κ2) is 48.7. The zero-order valence-corrected chi connectivity index (χ0v) is 61.2. The molecule has 458 valence electrons. The molecule has 7 rings (SSSR count). The number of alkyl halides is 1. The van der Waals surface area contributed by atoms with Crippen LogP contribution in [-0.4, -0.2) is 67.6 Å². The molecule has 0 fully saturated rings. The van der Waals surface area contributed by atoms with Crippen LogP contribution < -0.4 is 72.0 Å². The van der Waals surface area contributed by atoms with Crippen LogP contribution in [0, 0.1) is 85.8 Å². The number of nitriles is 4. The standard InChI is InChI=1S/C20H18N2O4S.C18H14N2O.C16H10N2O2.C9H9N.C2H6S.CH3I2O.BF3.2Na/c1-15-4-6-16(7-5-15)19(14-21)20(22-2)17-8-10-18(11-9-17)26-12-3-13-27(23,24)25;1-13-4-6-14(7-5-13)17(12-19)18(20-2)15-8-10-16(21-3)11-9-15;1-18-16(12-4-8-14(20)9-5-12)15(10-17)11-2-6-13(19)7-3-11;1-8-2-4-9(5-3-8)6-7-10;1-3-2;1-3(2)4;2-1(3)4;;/h4-11H,3,12-13H2,1H3,(H,23,24,25);4-11H,1,3H3;2-9,19-20H;2-5H,6H2,1H3;1-2H3;1H3;;;/q;;;;;-1;;2*+1/p-1/b20-19-;18-17-;16-15-;;;;;;. The smallest absolute Gasteiger partial charge is 0.748 e. The fourth-order valence-electron chi connectivity index (χ4n) is 6.93. The van der Waals surface area contributed by atoms with E-state index in [0.29, 0.717) is 56.8 Å². The van der Waals surface area contributed by atoms with Crippen molar-refractivity contribution in [2.75, 3.05) is 36.9 Å². The number of phenolic OH excluding ortho intramolecular Hbond substituents is 2. The van der Waals surface area contributed by atoms with Gasteiger partial charge in [-0.1, -0.05) is 138 Å². The third-order valence-electron chi connectivity index (χ3n) is 11.1. The summed E-state index contributed by atoms with van der Waals surface area (Å²) in [5.74, 6) is 0.927. The molecule has 0 aliphatic rings. The monoisotopic (exact) mass is 1510 g/mol. The van der Waals surface area contributed by atoms with Crippen molar-refractivity contribution in [3.05, 3.63) is 260 Å². The number of rotatable bonds is 13. The predicted molar refractivity (Wildman–Crippen MR) is 363 cm³/mol. The van der Waals surface area contributed by atoms with E-state index in [9.17, 15) is 55.4 Å². The van der Waals surface area contributed by atoms with E-state index < -0.39 is 39.7 Å². The first-order valence-electron chi connectivity index (χ1n) is 25.7. The number of aryl methyl sites for hydroxylation is 3. The van der Waals surface area contributed by atoms with Crippen molar-refractivity contribution in [1.82, 2.24) is 0 Å². The minimum Gasteiger partial charge on any atom is -0.748 e. The molecular formula is C66H59BF3I2N7Na2O8S2. The third kappa shape index (κ3) is 35.4. The van der Waals surface area contributed by atoms with Gasteiger partial charge in [0.15, 0.2) is 0 Å². The van der Waals surface area contributed by atoms with Gasteiger partial charge in [0.25, 0.3) is 0 Å². The van der Waals surface area contributed by atoms with Crippen LogP contribution in [0.25, 0.3) is 48.3 Å². The minimum atomic E-state index is -4.24. The summed E-state index contributed by atoms with van der Waals surface area (Å²) >= 11 is 2.15. The summed E-state index contributed by atoms with van der Waals surface area (Å²) in [7, 11) is -6.32. The molecule has 0 radical (unpaired) electrons. The summed E-state index contributed by atoms with van der Waals surface area (Å²) in [5.41, 5.74) is 10.0. The predicted octanol–water partition coefficient (Wildman–Crippen LogP) is 10.0. The molecule has 0 aliphatic heterocycles. The van der Waals surface area contributed by atoms with Gasteiger partial charge >= 0.3 is 110 Å². The SMILES string of the molecule is CI([O-])I.CSC.Cc1ccc(CC#N)cc1.FB(F)F.[C-]#[N+]/C(=C(/C#N)c1ccc(C)cc1)c1ccc(OC)cc1.[C-]#[N+]/C(=C(/C#N)c1ccc(C)cc1)c1ccc(OCCCS(=O)(=O)[O-])cc1.[C-]#[N+]/C(=C(/C#N)c1ccc(O)cc1)c1ccc(O)cc1.[Na+].[Na+]. The zero-order valence-electron chi connectivity index (χ0n) is 51.3. The van der Waals surface area contributed by atoms with E-state index in [0.717, 1.165) is 28.0 Å². The largest absolute Gasteiger partial charge is 1.00 e. The number of nitrogens with zero attached hydrogens (tertiary/aromatic N) is 7. The number of halogens is 5. The van der Waals surface area contributed by atoms with Gasteiger partial charge in [0.1, 0.15) is 23.0 Å². The first-order valence-corrected chi connectivity index (χ1v) is 38.2. The summed E-state index contributed by atoms with van der Waals surface area (Å²) in [4.78, 5) is 12.3. The molecule has 2 N–H and O–H groups in total. The Morgan fingerprint density at radius 2 is 0.846 bits per heavy atom. The maximum atomic E-state index is 10.6. The molecule has 0 aliphatic carbocycles. The van der Waals surface area contributed by atoms with Crippen molar-refractivity contribution in [2.45, 2.75) is 33.6 Å². The van der Waals surface area contributed by atoms with Crippen molar-refractivity contribution in [3.8, 4) is 47.3 Å². The van der Waals surface area contributed by atoms with E-state index in [-0.39, 0.29) is 101 Å². The molecule has 7 aromatic rings. The fraction of sp³-hybridized carbons (Fsp3) is 0.167. The number of benzene rings is 7. The van der Waals surface area contributed by atoms with Gasteiger partial charge in [-0.25, -0.2) is 23.0 Å². The summed E-state index contributed by atoms with van der Waals surface area (Å²) in [6.07, 6.45) is 4.70. The number of hydrogen-bond acceptors (Lipinski definition) is 13. The molecule has 0 saturated heterocycles. The number of hydrogen-bond donors (Lipinski definition) is 2. The van der Waals surface area contributed by atoms with E-state index in [1.807, 2.05) is 119 Å². The van der Waals surface area contributed by atoms with Gasteiger partial charge in [-0.15, -0.1) is 0 Å². The fourth-order valence-corrected chi connectivity index (χ4v) is 7.40. The second-order valence-corrected chi connectivity index (χ2v) is 29.8. The van der Waals surface area contributed by atoms with Gasteiger partial charge in [-0.05, 0) is 127 Å². The molecule has 0 saturated carbocycles. The van der Waals surface area contributed by atoms with Gasteiger partial charge in [0.05, 0.1) is 91.0 Å². The van der Waals surface area contributed by atoms with Crippen LogP contribution >= 0.6 is 46.6 Å². The van der Waals surface area contributed by atoms with Crippen molar-refractivity contribution in [2.24, 2.45) is 0 Å². The van der Waals surface area contributed by atoms with Crippen molar-refractivity contribution in [1.29, 1.82) is 21.0 Å². The summed E-state index contributed by atoms with van der Waals surface area (Å²) in [6, 6.07) is 57.3. The van der Waals surface area contributed by atoms with Crippen LogP contribution in [0.5, 0.6) is 23.0 Å². The van der Waals surface area contributed by atoms with Crippen LogP contribution in [0.15, 0.2) is 170 Å². The Labute approximate surface area is 598 Å². The van der Waals surface area contributed by atoms with E-state index in [1.54, 1.807) is 109 Å². The molecule has 7 aromatic carbocycles. The number of ether oxygens (including phenoxy) is 2. The number of thioether (sulfide) groups is 1. The Morgan fingerprint density at radius 3 is 1.11 bits per heavy atom.